The van der Waals surface area contributed by atoms with Crippen LogP contribution < -0.4 is 0 Å². The van der Waals surface area contributed by atoms with Gasteiger partial charge >= 0.3 is 6.18 Å². The van der Waals surface area contributed by atoms with Crippen molar-refractivity contribution in [1.82, 2.24) is 15.1 Å². The Labute approximate surface area is 104 Å². The number of aromatic nitrogens is 2. The predicted octanol–water partition coefficient (Wildman–Crippen LogP) is 2.60. The van der Waals surface area contributed by atoms with E-state index in [1.165, 1.54) is 13.8 Å². The largest absolute Gasteiger partial charge is 0.406 e. The number of carbonyl (C=O) groups excluding carboxylic acids is 1. The van der Waals surface area contributed by atoms with E-state index in [-0.39, 0.29) is 9.47 Å². The predicted molar refractivity (Wildman–Crippen MR) is 57.1 cm³/mol. The van der Waals surface area contributed by atoms with Gasteiger partial charge in [-0.1, -0.05) is 11.3 Å². The zero-order valence-corrected chi connectivity index (χ0v) is 10.5. The van der Waals surface area contributed by atoms with E-state index in [0.29, 0.717) is 4.90 Å². The Morgan fingerprint density at radius 2 is 2.06 bits per heavy atom. The molecule has 1 rings (SSSR count). The number of amides is 1. The van der Waals surface area contributed by atoms with Crippen molar-refractivity contribution in [3.63, 3.8) is 0 Å². The Balaban J connectivity index is 2.88. The first-order valence-electron chi connectivity index (χ1n) is 4.57. The van der Waals surface area contributed by atoms with Crippen LogP contribution in [0.4, 0.5) is 13.2 Å². The summed E-state index contributed by atoms with van der Waals surface area (Å²) in [6.45, 7) is 1.67. The minimum absolute atomic E-state index is 0.0177. The van der Waals surface area contributed by atoms with Gasteiger partial charge in [-0.3, -0.25) is 4.79 Å². The molecule has 0 aliphatic carbocycles. The highest BCUT2D eigenvalue weighted by atomic mass is 35.5. The van der Waals surface area contributed by atoms with Gasteiger partial charge < -0.3 is 4.90 Å². The van der Waals surface area contributed by atoms with Crippen LogP contribution >= 0.6 is 22.9 Å². The number of carbonyl (C=O) groups is 1. The van der Waals surface area contributed by atoms with E-state index in [4.69, 9.17) is 11.6 Å². The van der Waals surface area contributed by atoms with Crippen molar-refractivity contribution < 1.29 is 18.0 Å². The molecular formula is C8H9ClF3N3OS. The number of hydrogen-bond donors (Lipinski definition) is 0. The highest BCUT2D eigenvalue weighted by Gasteiger charge is 2.35. The quantitative estimate of drug-likeness (QED) is 0.858. The van der Waals surface area contributed by atoms with E-state index in [1.54, 1.807) is 0 Å². The van der Waals surface area contributed by atoms with Crippen molar-refractivity contribution >= 4 is 28.8 Å². The molecule has 0 saturated carbocycles. The topological polar surface area (TPSA) is 46.1 Å². The van der Waals surface area contributed by atoms with Crippen LogP contribution in [0.5, 0.6) is 0 Å². The molecule has 0 bridgehead atoms. The Kier molecular flexibility index (Phi) is 4.31. The molecule has 0 spiro atoms. The van der Waals surface area contributed by atoms with E-state index in [2.05, 4.69) is 10.2 Å². The van der Waals surface area contributed by atoms with Crippen molar-refractivity contribution in [3.05, 3.63) is 9.47 Å². The SMILES string of the molecule is CC(C)N(CC(F)(F)F)C(=O)c1nnc(Cl)s1. The Hall–Kier alpha value is -0.890. The monoisotopic (exact) mass is 287 g/mol. The summed E-state index contributed by atoms with van der Waals surface area (Å²) >= 11 is 6.23. The number of alkyl halides is 3. The highest BCUT2D eigenvalue weighted by molar-refractivity contribution is 7.17. The molecule has 0 aliphatic rings. The van der Waals surface area contributed by atoms with Crippen LogP contribution in [-0.2, 0) is 0 Å². The van der Waals surface area contributed by atoms with Gasteiger partial charge in [0.25, 0.3) is 5.91 Å². The molecule has 1 aromatic heterocycles. The molecule has 0 saturated heterocycles. The molecule has 9 heteroatoms. The molecule has 0 unspecified atom stereocenters. The molecule has 0 aliphatic heterocycles. The van der Waals surface area contributed by atoms with Gasteiger partial charge in [-0.05, 0) is 25.4 Å². The van der Waals surface area contributed by atoms with Gasteiger partial charge in [0.2, 0.25) is 9.47 Å². The van der Waals surface area contributed by atoms with Gasteiger partial charge in [-0.15, -0.1) is 10.2 Å². The van der Waals surface area contributed by atoms with Crippen LogP contribution in [-0.4, -0.2) is 39.8 Å². The third-order valence-electron chi connectivity index (χ3n) is 1.82. The fraction of sp³-hybridized carbons (Fsp3) is 0.625. The lowest BCUT2D eigenvalue weighted by Crippen LogP contribution is -2.43. The minimum Gasteiger partial charge on any atom is -0.325 e. The third-order valence-corrected chi connectivity index (χ3v) is 2.82. The first kappa shape index (κ1) is 14.2. The zero-order valence-electron chi connectivity index (χ0n) is 8.95. The van der Waals surface area contributed by atoms with Crippen LogP contribution in [0.15, 0.2) is 0 Å². The summed E-state index contributed by atoms with van der Waals surface area (Å²) in [5, 5.41) is 6.66. The summed E-state index contributed by atoms with van der Waals surface area (Å²) in [6.07, 6.45) is -4.45. The zero-order chi connectivity index (χ0) is 13.2. The van der Waals surface area contributed by atoms with Crippen molar-refractivity contribution in [1.29, 1.82) is 0 Å². The van der Waals surface area contributed by atoms with Crippen molar-refractivity contribution in [2.45, 2.75) is 26.1 Å². The highest BCUT2D eigenvalue weighted by Crippen LogP contribution is 2.22. The summed E-state index contributed by atoms with van der Waals surface area (Å²) in [5.41, 5.74) is 0. The van der Waals surface area contributed by atoms with Crippen LogP contribution in [0.1, 0.15) is 23.6 Å². The molecule has 0 radical (unpaired) electrons. The number of halogens is 4. The van der Waals surface area contributed by atoms with Crippen molar-refractivity contribution in [2.24, 2.45) is 0 Å². The third kappa shape index (κ3) is 4.12. The summed E-state index contributed by atoms with van der Waals surface area (Å²) in [5.74, 6) is -0.818. The molecule has 1 aromatic rings. The average Bonchev–Trinajstić information content (AvgIpc) is 2.58. The van der Waals surface area contributed by atoms with E-state index in [0.717, 1.165) is 11.3 Å². The molecule has 1 amide bonds. The molecule has 1 heterocycles. The number of hydrogen-bond acceptors (Lipinski definition) is 4. The molecule has 17 heavy (non-hydrogen) atoms. The van der Waals surface area contributed by atoms with E-state index in [9.17, 15) is 18.0 Å². The number of nitrogens with zero attached hydrogens (tertiary/aromatic N) is 3. The first-order valence-corrected chi connectivity index (χ1v) is 5.77. The van der Waals surface area contributed by atoms with Crippen LogP contribution in [0, 0.1) is 0 Å². The van der Waals surface area contributed by atoms with Crippen molar-refractivity contribution in [3.8, 4) is 0 Å². The van der Waals surface area contributed by atoms with E-state index < -0.39 is 24.7 Å². The Morgan fingerprint density at radius 3 is 2.41 bits per heavy atom. The number of rotatable bonds is 3. The van der Waals surface area contributed by atoms with Gasteiger partial charge in [0.1, 0.15) is 6.54 Å². The minimum atomic E-state index is -4.45. The Morgan fingerprint density at radius 1 is 1.47 bits per heavy atom. The normalized spacial score (nSPS) is 11.9. The van der Waals surface area contributed by atoms with Gasteiger partial charge in [0.15, 0.2) is 0 Å². The molecule has 0 fully saturated rings. The molecule has 0 N–H and O–H groups in total. The van der Waals surface area contributed by atoms with Gasteiger partial charge in [0, 0.05) is 6.04 Å². The van der Waals surface area contributed by atoms with E-state index >= 15 is 0 Å². The maximum absolute atomic E-state index is 12.3. The van der Waals surface area contributed by atoms with Crippen LogP contribution in [0.25, 0.3) is 0 Å². The summed E-state index contributed by atoms with van der Waals surface area (Å²) in [4.78, 5) is 12.4. The maximum Gasteiger partial charge on any atom is 0.406 e. The molecule has 0 aromatic carbocycles. The second-order valence-corrected chi connectivity index (χ2v) is 5.06. The lowest BCUT2D eigenvalue weighted by Gasteiger charge is -2.26. The molecule has 96 valence electrons. The van der Waals surface area contributed by atoms with E-state index in [1.807, 2.05) is 0 Å². The second-order valence-electron chi connectivity index (χ2n) is 3.50. The van der Waals surface area contributed by atoms with Gasteiger partial charge in [-0.2, -0.15) is 13.2 Å². The molecular weight excluding hydrogens is 279 g/mol. The Bertz CT molecular complexity index is 407. The van der Waals surface area contributed by atoms with Crippen LogP contribution in [0.2, 0.25) is 4.47 Å². The fourth-order valence-corrected chi connectivity index (χ4v) is 1.88. The summed E-state index contributed by atoms with van der Waals surface area (Å²) in [6, 6.07) is -0.591. The lowest BCUT2D eigenvalue weighted by molar-refractivity contribution is -0.143. The molecule has 4 nitrogen and oxygen atoms in total. The second kappa shape index (κ2) is 5.18. The summed E-state index contributed by atoms with van der Waals surface area (Å²) < 4.78 is 36.9. The van der Waals surface area contributed by atoms with Crippen molar-refractivity contribution in [2.75, 3.05) is 6.54 Å². The van der Waals surface area contributed by atoms with Gasteiger partial charge in [0.05, 0.1) is 0 Å². The standard InChI is InChI=1S/C8H9ClF3N3OS/c1-4(2)15(3-8(10,11)12)6(16)5-13-14-7(9)17-5/h4H,3H2,1-2H3. The molecule has 0 atom stereocenters. The first-order chi connectivity index (χ1) is 7.70. The van der Waals surface area contributed by atoms with Gasteiger partial charge in [-0.25, -0.2) is 0 Å². The lowest BCUT2D eigenvalue weighted by atomic mass is 10.3. The van der Waals surface area contributed by atoms with Crippen LogP contribution in [0.3, 0.4) is 0 Å². The smallest absolute Gasteiger partial charge is 0.325 e. The fourth-order valence-electron chi connectivity index (χ4n) is 1.10. The average molecular weight is 288 g/mol. The maximum atomic E-state index is 12.3. The summed E-state index contributed by atoms with van der Waals surface area (Å²) in [7, 11) is 0.